The Balaban J connectivity index is 0.00000300. The molecule has 158 valence electrons. The van der Waals surface area contributed by atoms with Gasteiger partial charge in [-0.25, -0.2) is 4.99 Å². The molecule has 29 heavy (non-hydrogen) atoms. The van der Waals surface area contributed by atoms with Gasteiger partial charge in [0.2, 0.25) is 5.91 Å². The molecule has 1 saturated heterocycles. The van der Waals surface area contributed by atoms with Gasteiger partial charge >= 0.3 is 0 Å². The second-order valence-electron chi connectivity index (χ2n) is 7.23. The monoisotopic (exact) mass is 526 g/mol. The summed E-state index contributed by atoms with van der Waals surface area (Å²) in [5.74, 6) is 1.57. The molecule has 1 aliphatic heterocycles. The molecule has 2 aromatic rings. The summed E-state index contributed by atoms with van der Waals surface area (Å²) in [4.78, 5) is 19.8. The molecular formula is C22H31IN4OS. The van der Waals surface area contributed by atoms with Crippen LogP contribution in [0.5, 0.6) is 0 Å². The molecular weight excluding hydrogens is 495 g/mol. The molecule has 2 N–H and O–H groups in total. The van der Waals surface area contributed by atoms with E-state index in [-0.39, 0.29) is 29.9 Å². The number of nitrogens with one attached hydrogen (secondary N) is 2. The van der Waals surface area contributed by atoms with Crippen molar-refractivity contribution in [2.75, 3.05) is 19.6 Å². The lowest BCUT2D eigenvalue weighted by Crippen LogP contribution is -2.39. The zero-order chi connectivity index (χ0) is 19.8. The Bertz CT molecular complexity index is 777. The highest BCUT2D eigenvalue weighted by Gasteiger charge is 2.19. The first kappa shape index (κ1) is 23.7. The summed E-state index contributed by atoms with van der Waals surface area (Å²) < 4.78 is 0. The van der Waals surface area contributed by atoms with E-state index in [9.17, 15) is 4.79 Å². The minimum absolute atomic E-state index is 0. The smallest absolute Gasteiger partial charge is 0.222 e. The first-order valence-electron chi connectivity index (χ1n) is 10.1. The number of thiophene rings is 1. The zero-order valence-corrected chi connectivity index (χ0v) is 20.3. The van der Waals surface area contributed by atoms with Crippen LogP contribution in [0.15, 0.2) is 46.8 Å². The first-order valence-corrected chi connectivity index (χ1v) is 10.9. The lowest BCUT2D eigenvalue weighted by molar-refractivity contribution is -0.128. The van der Waals surface area contributed by atoms with E-state index in [1.165, 1.54) is 16.0 Å². The highest BCUT2D eigenvalue weighted by Crippen LogP contribution is 2.19. The van der Waals surface area contributed by atoms with E-state index in [0.717, 1.165) is 32.0 Å². The Kier molecular flexibility index (Phi) is 9.93. The molecule has 0 bridgehead atoms. The normalized spacial score (nSPS) is 15.2. The van der Waals surface area contributed by atoms with E-state index in [4.69, 9.17) is 4.99 Å². The number of aliphatic imine (C=N–C) groups is 1. The van der Waals surface area contributed by atoms with Gasteiger partial charge in [0.15, 0.2) is 5.96 Å². The number of carbonyl (C=O) groups is 1. The molecule has 5 nitrogen and oxygen atoms in total. The second-order valence-corrected chi connectivity index (χ2v) is 8.21. The fourth-order valence-electron chi connectivity index (χ4n) is 3.28. The molecule has 1 aromatic carbocycles. The summed E-state index contributed by atoms with van der Waals surface area (Å²) in [6, 6.07) is 12.7. The van der Waals surface area contributed by atoms with Gasteiger partial charge in [0, 0.05) is 43.4 Å². The Morgan fingerprint density at radius 1 is 1.21 bits per heavy atom. The molecule has 0 spiro atoms. The molecule has 1 aliphatic rings. The number of carbonyl (C=O) groups excluding carboxylic acids is 1. The van der Waals surface area contributed by atoms with E-state index in [1.807, 2.05) is 4.90 Å². The van der Waals surface area contributed by atoms with Crippen LogP contribution in [0.4, 0.5) is 0 Å². The molecule has 3 rings (SSSR count). The predicted octanol–water partition coefficient (Wildman–Crippen LogP) is 4.35. The van der Waals surface area contributed by atoms with Gasteiger partial charge < -0.3 is 15.5 Å². The van der Waals surface area contributed by atoms with Crippen molar-refractivity contribution in [2.24, 2.45) is 4.99 Å². The fraction of sp³-hybridized carbons (Fsp3) is 0.455. The third-order valence-corrected chi connectivity index (χ3v) is 6.04. The van der Waals surface area contributed by atoms with Gasteiger partial charge in [-0.1, -0.05) is 37.3 Å². The van der Waals surface area contributed by atoms with Crippen LogP contribution in [0.1, 0.15) is 48.6 Å². The molecule has 1 amide bonds. The van der Waals surface area contributed by atoms with E-state index < -0.39 is 0 Å². The maximum atomic E-state index is 11.8. The van der Waals surface area contributed by atoms with Crippen LogP contribution in [-0.4, -0.2) is 36.4 Å². The lowest BCUT2D eigenvalue weighted by Gasteiger charge is -2.16. The molecule has 2 heterocycles. The number of guanidine groups is 1. The maximum Gasteiger partial charge on any atom is 0.222 e. The van der Waals surface area contributed by atoms with Crippen molar-refractivity contribution in [3.05, 3.63) is 57.8 Å². The fourth-order valence-corrected chi connectivity index (χ4v) is 4.06. The van der Waals surface area contributed by atoms with Crippen molar-refractivity contribution in [3.63, 3.8) is 0 Å². The highest BCUT2D eigenvalue weighted by atomic mass is 127. The lowest BCUT2D eigenvalue weighted by atomic mass is 10.1. The van der Waals surface area contributed by atoms with Crippen molar-refractivity contribution in [1.82, 2.24) is 15.5 Å². The Morgan fingerprint density at radius 2 is 1.97 bits per heavy atom. The van der Waals surface area contributed by atoms with E-state index in [0.29, 0.717) is 25.4 Å². The van der Waals surface area contributed by atoms with Crippen molar-refractivity contribution < 1.29 is 4.79 Å². The number of amides is 1. The molecule has 0 radical (unpaired) electrons. The quantitative estimate of drug-likeness (QED) is 0.306. The molecule has 0 aliphatic carbocycles. The van der Waals surface area contributed by atoms with Gasteiger partial charge in [-0.15, -0.1) is 35.3 Å². The molecule has 1 unspecified atom stereocenters. The predicted molar refractivity (Wildman–Crippen MR) is 132 cm³/mol. The number of hydrogen-bond donors (Lipinski definition) is 2. The van der Waals surface area contributed by atoms with Crippen LogP contribution < -0.4 is 10.6 Å². The zero-order valence-electron chi connectivity index (χ0n) is 17.2. The average molecular weight is 526 g/mol. The topological polar surface area (TPSA) is 56.7 Å². The van der Waals surface area contributed by atoms with Crippen LogP contribution >= 0.6 is 35.3 Å². The van der Waals surface area contributed by atoms with Crippen LogP contribution in [-0.2, 0) is 17.9 Å². The van der Waals surface area contributed by atoms with Crippen LogP contribution in [0.3, 0.4) is 0 Å². The molecule has 7 heteroatoms. The van der Waals surface area contributed by atoms with Crippen molar-refractivity contribution in [1.29, 1.82) is 0 Å². The van der Waals surface area contributed by atoms with E-state index in [2.05, 4.69) is 66.3 Å². The van der Waals surface area contributed by atoms with Gasteiger partial charge in [0.05, 0.1) is 6.54 Å². The van der Waals surface area contributed by atoms with Crippen LogP contribution in [0.25, 0.3) is 0 Å². The third-order valence-electron chi connectivity index (χ3n) is 4.94. The van der Waals surface area contributed by atoms with Gasteiger partial charge in [-0.3, -0.25) is 4.79 Å². The number of likely N-dealkylation sites (tertiary alicyclic amines) is 1. The first-order chi connectivity index (χ1) is 13.7. The summed E-state index contributed by atoms with van der Waals surface area (Å²) in [5, 5.41) is 8.88. The van der Waals surface area contributed by atoms with Gasteiger partial charge in [0.1, 0.15) is 0 Å². The Labute approximate surface area is 195 Å². The number of halogens is 1. The third kappa shape index (κ3) is 7.29. The minimum atomic E-state index is 0. The maximum absolute atomic E-state index is 11.8. The Hall–Kier alpha value is -1.61. The number of rotatable bonds is 8. The molecule has 1 atom stereocenters. The molecule has 1 aromatic heterocycles. The van der Waals surface area contributed by atoms with Crippen LogP contribution in [0, 0.1) is 0 Å². The largest absolute Gasteiger partial charge is 0.357 e. The standard InChI is InChI=1S/C22H30N4OS.HI/c1-3-23-22(24-14-17(2)20-6-5-13-28-20)25-15-18-8-10-19(11-9-18)16-26-12-4-7-21(26)27;/h5-6,8-11,13,17H,3-4,7,12,14-16H2,1-2H3,(H2,23,24,25);1H. The highest BCUT2D eigenvalue weighted by molar-refractivity contribution is 14.0. The SMILES string of the molecule is CCNC(=NCc1ccc(CN2CCCC2=O)cc1)NCC(C)c1cccs1.I. The van der Waals surface area contributed by atoms with Crippen molar-refractivity contribution in [3.8, 4) is 0 Å². The van der Waals surface area contributed by atoms with E-state index in [1.54, 1.807) is 11.3 Å². The summed E-state index contributed by atoms with van der Waals surface area (Å²) in [5.41, 5.74) is 2.35. The average Bonchev–Trinajstić information content (AvgIpc) is 3.37. The number of benzene rings is 1. The van der Waals surface area contributed by atoms with Gasteiger partial charge in [0.25, 0.3) is 0 Å². The number of nitrogens with zero attached hydrogens (tertiary/aromatic N) is 2. The summed E-state index contributed by atoms with van der Waals surface area (Å²) in [6.07, 6.45) is 1.68. The number of hydrogen-bond acceptors (Lipinski definition) is 3. The summed E-state index contributed by atoms with van der Waals surface area (Å²) in [6.45, 7) is 8.23. The summed E-state index contributed by atoms with van der Waals surface area (Å²) in [7, 11) is 0. The Morgan fingerprint density at radius 3 is 2.59 bits per heavy atom. The van der Waals surface area contributed by atoms with Crippen LogP contribution in [0.2, 0.25) is 0 Å². The second kappa shape index (κ2) is 12.2. The summed E-state index contributed by atoms with van der Waals surface area (Å²) >= 11 is 1.79. The van der Waals surface area contributed by atoms with Gasteiger partial charge in [-0.05, 0) is 35.9 Å². The van der Waals surface area contributed by atoms with Gasteiger partial charge in [-0.2, -0.15) is 0 Å². The van der Waals surface area contributed by atoms with E-state index >= 15 is 0 Å². The molecule has 0 saturated carbocycles. The van der Waals surface area contributed by atoms with Crippen molar-refractivity contribution >= 4 is 47.2 Å². The minimum Gasteiger partial charge on any atom is -0.357 e. The molecule has 1 fully saturated rings. The van der Waals surface area contributed by atoms with Crippen molar-refractivity contribution in [2.45, 2.75) is 45.7 Å².